The van der Waals surface area contributed by atoms with Gasteiger partial charge in [0.25, 0.3) is 0 Å². The van der Waals surface area contributed by atoms with E-state index in [0.717, 1.165) is 23.8 Å². The summed E-state index contributed by atoms with van der Waals surface area (Å²) in [5, 5.41) is 4.28. The van der Waals surface area contributed by atoms with Crippen LogP contribution in [0.1, 0.15) is 28.5 Å². The molecule has 2 rings (SSSR count). The lowest BCUT2D eigenvalue weighted by Crippen LogP contribution is -2.57. The molecule has 1 aliphatic heterocycles. The molecule has 0 spiro atoms. The van der Waals surface area contributed by atoms with Crippen molar-refractivity contribution in [3.63, 3.8) is 0 Å². The van der Waals surface area contributed by atoms with E-state index in [4.69, 9.17) is 5.73 Å². The maximum absolute atomic E-state index is 11.5. The Morgan fingerprint density at radius 3 is 2.89 bits per heavy atom. The quantitative estimate of drug-likeness (QED) is 0.841. The van der Waals surface area contributed by atoms with Gasteiger partial charge in [-0.25, -0.2) is 4.98 Å². The smallest absolute Gasteiger partial charge is 0.236 e. The minimum atomic E-state index is -0.265. The van der Waals surface area contributed by atoms with Gasteiger partial charge in [-0.15, -0.1) is 11.3 Å². The predicted molar refractivity (Wildman–Crippen MR) is 72.6 cm³/mol. The van der Waals surface area contributed by atoms with Crippen LogP contribution in [0.15, 0.2) is 0 Å². The first-order chi connectivity index (χ1) is 8.50. The van der Waals surface area contributed by atoms with E-state index in [9.17, 15) is 4.79 Å². The minimum absolute atomic E-state index is 0.134. The number of aryl methyl sites for hydroxylation is 2. The third kappa shape index (κ3) is 2.55. The minimum Gasteiger partial charge on any atom is -0.368 e. The Balaban J connectivity index is 2.23. The molecular formula is C12H20N4OS. The standard InChI is InChI=1S/C12H20N4OS/c1-7(11-8(2)18-9(3)15-11)16-5-4-14-6-10(16)12(13)17/h7,10,14H,4-6H2,1-3H3,(H2,13,17). The highest BCUT2D eigenvalue weighted by Crippen LogP contribution is 2.28. The van der Waals surface area contributed by atoms with Crippen LogP contribution in [-0.2, 0) is 4.79 Å². The van der Waals surface area contributed by atoms with Gasteiger partial charge in [0.05, 0.1) is 16.7 Å². The molecule has 1 amide bonds. The van der Waals surface area contributed by atoms with Crippen LogP contribution in [0, 0.1) is 13.8 Å². The van der Waals surface area contributed by atoms with Gasteiger partial charge in [0.1, 0.15) is 6.04 Å². The van der Waals surface area contributed by atoms with Gasteiger partial charge in [-0.05, 0) is 20.8 Å². The first-order valence-electron chi connectivity index (χ1n) is 6.20. The van der Waals surface area contributed by atoms with Crippen LogP contribution in [0.5, 0.6) is 0 Å². The van der Waals surface area contributed by atoms with Gasteiger partial charge in [-0.2, -0.15) is 0 Å². The number of nitrogens with zero attached hydrogens (tertiary/aromatic N) is 2. The number of nitrogens with one attached hydrogen (secondary N) is 1. The zero-order valence-corrected chi connectivity index (χ0v) is 11.9. The highest BCUT2D eigenvalue weighted by molar-refractivity contribution is 7.11. The summed E-state index contributed by atoms with van der Waals surface area (Å²) in [6.45, 7) is 8.53. The molecule has 5 nitrogen and oxygen atoms in total. The number of primary amides is 1. The van der Waals surface area contributed by atoms with Crippen LogP contribution < -0.4 is 11.1 Å². The van der Waals surface area contributed by atoms with E-state index in [1.165, 1.54) is 4.88 Å². The lowest BCUT2D eigenvalue weighted by Gasteiger charge is -2.38. The Bertz CT molecular complexity index is 445. The van der Waals surface area contributed by atoms with Crippen molar-refractivity contribution >= 4 is 17.2 Å². The van der Waals surface area contributed by atoms with E-state index in [-0.39, 0.29) is 18.0 Å². The molecule has 1 saturated heterocycles. The average Bonchev–Trinajstić information content (AvgIpc) is 2.67. The molecule has 18 heavy (non-hydrogen) atoms. The first-order valence-corrected chi connectivity index (χ1v) is 7.02. The van der Waals surface area contributed by atoms with Crippen molar-refractivity contribution in [3.05, 3.63) is 15.6 Å². The number of hydrogen-bond donors (Lipinski definition) is 2. The molecule has 100 valence electrons. The van der Waals surface area contributed by atoms with Gasteiger partial charge in [-0.3, -0.25) is 9.69 Å². The van der Waals surface area contributed by atoms with Crippen LogP contribution in [-0.4, -0.2) is 41.5 Å². The normalized spacial score (nSPS) is 22.9. The van der Waals surface area contributed by atoms with E-state index in [1.54, 1.807) is 11.3 Å². The summed E-state index contributed by atoms with van der Waals surface area (Å²) in [5.41, 5.74) is 6.55. The number of thiazole rings is 1. The highest BCUT2D eigenvalue weighted by Gasteiger charge is 2.32. The number of amides is 1. The van der Waals surface area contributed by atoms with Gasteiger partial charge in [-0.1, -0.05) is 0 Å². The Kier molecular flexibility index (Phi) is 3.99. The Hall–Kier alpha value is -0.980. The highest BCUT2D eigenvalue weighted by atomic mass is 32.1. The number of hydrogen-bond acceptors (Lipinski definition) is 5. The van der Waals surface area contributed by atoms with E-state index in [0.29, 0.717) is 6.54 Å². The zero-order valence-electron chi connectivity index (χ0n) is 11.1. The first kappa shape index (κ1) is 13.5. The van der Waals surface area contributed by atoms with Gasteiger partial charge in [0.15, 0.2) is 0 Å². The summed E-state index contributed by atoms with van der Waals surface area (Å²) >= 11 is 1.70. The molecule has 2 unspecified atom stereocenters. The van der Waals surface area contributed by atoms with Crippen molar-refractivity contribution in [3.8, 4) is 0 Å². The molecule has 1 fully saturated rings. The van der Waals surface area contributed by atoms with E-state index in [2.05, 4.69) is 29.0 Å². The molecule has 6 heteroatoms. The second-order valence-corrected chi connectivity index (χ2v) is 6.12. The third-order valence-electron chi connectivity index (χ3n) is 3.45. The Morgan fingerprint density at radius 1 is 1.61 bits per heavy atom. The van der Waals surface area contributed by atoms with E-state index >= 15 is 0 Å². The lowest BCUT2D eigenvalue weighted by atomic mass is 10.1. The van der Waals surface area contributed by atoms with Crippen molar-refractivity contribution in [2.45, 2.75) is 32.9 Å². The number of carbonyl (C=O) groups excluding carboxylic acids is 1. The van der Waals surface area contributed by atoms with Gasteiger partial charge in [0, 0.05) is 24.5 Å². The molecule has 1 aliphatic rings. The summed E-state index contributed by atoms with van der Waals surface area (Å²) in [7, 11) is 0. The van der Waals surface area contributed by atoms with Gasteiger partial charge >= 0.3 is 0 Å². The summed E-state index contributed by atoms with van der Waals surface area (Å²) in [5.74, 6) is -0.265. The molecule has 0 bridgehead atoms. The van der Waals surface area contributed by atoms with Crippen molar-refractivity contribution in [2.24, 2.45) is 5.73 Å². The predicted octanol–water partition coefficient (Wildman–Crippen LogP) is 0.580. The third-order valence-corrected chi connectivity index (χ3v) is 4.35. The lowest BCUT2D eigenvalue weighted by molar-refractivity contribution is -0.124. The van der Waals surface area contributed by atoms with Crippen molar-refractivity contribution in [2.75, 3.05) is 19.6 Å². The maximum atomic E-state index is 11.5. The molecule has 1 aromatic rings. The molecule has 2 atom stereocenters. The van der Waals surface area contributed by atoms with E-state index < -0.39 is 0 Å². The average molecular weight is 268 g/mol. The molecule has 3 N–H and O–H groups in total. The van der Waals surface area contributed by atoms with Crippen LogP contribution in [0.4, 0.5) is 0 Å². The summed E-state index contributed by atoms with van der Waals surface area (Å²) < 4.78 is 0. The SMILES string of the molecule is Cc1nc(C(C)N2CCNCC2C(N)=O)c(C)s1. The second-order valence-electron chi connectivity index (χ2n) is 4.71. The summed E-state index contributed by atoms with van der Waals surface area (Å²) in [4.78, 5) is 19.5. The zero-order chi connectivity index (χ0) is 13.3. The topological polar surface area (TPSA) is 71.2 Å². The Labute approximate surface area is 111 Å². The fraction of sp³-hybridized carbons (Fsp3) is 0.667. The second kappa shape index (κ2) is 5.34. The maximum Gasteiger partial charge on any atom is 0.236 e. The Morgan fingerprint density at radius 2 is 2.33 bits per heavy atom. The molecule has 2 heterocycles. The van der Waals surface area contributed by atoms with Crippen molar-refractivity contribution in [1.29, 1.82) is 0 Å². The van der Waals surface area contributed by atoms with Gasteiger partial charge in [0.2, 0.25) is 5.91 Å². The van der Waals surface area contributed by atoms with Crippen LogP contribution in [0.2, 0.25) is 0 Å². The largest absolute Gasteiger partial charge is 0.368 e. The molecular weight excluding hydrogens is 248 g/mol. The van der Waals surface area contributed by atoms with Crippen LogP contribution in [0.25, 0.3) is 0 Å². The molecule has 0 aromatic carbocycles. The molecule has 0 saturated carbocycles. The number of piperazine rings is 1. The summed E-state index contributed by atoms with van der Waals surface area (Å²) in [6, 6.07) is -0.107. The molecule has 1 aromatic heterocycles. The van der Waals surface area contributed by atoms with E-state index in [1.807, 2.05) is 6.92 Å². The number of carbonyl (C=O) groups is 1. The van der Waals surface area contributed by atoms with Crippen LogP contribution >= 0.6 is 11.3 Å². The number of nitrogens with two attached hydrogens (primary N) is 1. The van der Waals surface area contributed by atoms with Crippen molar-refractivity contribution in [1.82, 2.24) is 15.2 Å². The monoisotopic (exact) mass is 268 g/mol. The molecule has 0 aliphatic carbocycles. The fourth-order valence-electron chi connectivity index (χ4n) is 2.54. The van der Waals surface area contributed by atoms with Gasteiger partial charge < -0.3 is 11.1 Å². The van der Waals surface area contributed by atoms with Crippen molar-refractivity contribution < 1.29 is 4.79 Å². The number of rotatable bonds is 3. The summed E-state index contributed by atoms with van der Waals surface area (Å²) in [6.07, 6.45) is 0. The fourth-order valence-corrected chi connectivity index (χ4v) is 3.45. The van der Waals surface area contributed by atoms with Crippen LogP contribution in [0.3, 0.4) is 0 Å². The molecule has 0 radical (unpaired) electrons. The number of aromatic nitrogens is 1.